The maximum Gasteiger partial charge on any atom is 0.328 e. The quantitative estimate of drug-likeness (QED) is 0.611. The van der Waals surface area contributed by atoms with Crippen LogP contribution in [-0.4, -0.2) is 31.4 Å². The monoisotopic (exact) mass is 270 g/mol. The summed E-state index contributed by atoms with van der Waals surface area (Å²) < 4.78 is 10.5. The first-order valence-electron chi connectivity index (χ1n) is 5.46. The Bertz CT molecular complexity index is 429. The van der Waals surface area contributed by atoms with E-state index in [0.29, 0.717) is 29.5 Å². The number of rotatable bonds is 7. The summed E-state index contributed by atoms with van der Waals surface area (Å²) in [6.45, 7) is 1.10. The number of aliphatic carboxylic acids is 1. The lowest BCUT2D eigenvalue weighted by molar-refractivity contribution is -0.131. The molecule has 98 valence electrons. The number of ether oxygens (including phenoxy) is 2. The Labute approximate surface area is 111 Å². The molecule has 0 aromatic heterocycles. The molecule has 4 nitrogen and oxygen atoms in total. The summed E-state index contributed by atoms with van der Waals surface area (Å²) in [6.07, 6.45) is 3.21. The van der Waals surface area contributed by atoms with Crippen molar-refractivity contribution in [2.24, 2.45) is 0 Å². The third-order valence-corrected chi connectivity index (χ3v) is 2.49. The Hall–Kier alpha value is -1.52. The minimum Gasteiger partial charge on any atom is -0.493 e. The molecular formula is C13H15ClO4. The van der Waals surface area contributed by atoms with Gasteiger partial charge in [0.25, 0.3) is 0 Å². The predicted molar refractivity (Wildman–Crippen MR) is 70.1 cm³/mol. The van der Waals surface area contributed by atoms with Crippen LogP contribution in [0.2, 0.25) is 5.02 Å². The van der Waals surface area contributed by atoms with Gasteiger partial charge in [-0.25, -0.2) is 4.79 Å². The molecule has 0 saturated heterocycles. The molecule has 0 aliphatic rings. The van der Waals surface area contributed by atoms with Crippen molar-refractivity contribution in [1.82, 2.24) is 0 Å². The van der Waals surface area contributed by atoms with Crippen molar-refractivity contribution in [3.8, 4) is 5.75 Å². The Balaban J connectivity index is 2.77. The highest BCUT2D eigenvalue weighted by Gasteiger charge is 2.05. The van der Waals surface area contributed by atoms with Gasteiger partial charge in [-0.1, -0.05) is 17.7 Å². The van der Waals surface area contributed by atoms with Crippen LogP contribution in [0.4, 0.5) is 0 Å². The Kier molecular flexibility index (Phi) is 6.25. The first kappa shape index (κ1) is 14.5. The van der Waals surface area contributed by atoms with Gasteiger partial charge in [0.2, 0.25) is 0 Å². The minimum absolute atomic E-state index is 0.455. The van der Waals surface area contributed by atoms with E-state index in [0.717, 1.165) is 12.5 Å². The highest BCUT2D eigenvalue weighted by atomic mass is 35.5. The van der Waals surface area contributed by atoms with Gasteiger partial charge in [-0.05, 0) is 18.2 Å². The third-order valence-electron chi connectivity index (χ3n) is 2.16. The van der Waals surface area contributed by atoms with E-state index in [4.69, 9.17) is 26.2 Å². The normalized spacial score (nSPS) is 10.8. The average Bonchev–Trinajstić information content (AvgIpc) is 2.33. The second-order valence-electron chi connectivity index (χ2n) is 3.52. The van der Waals surface area contributed by atoms with E-state index in [2.05, 4.69) is 0 Å². The minimum atomic E-state index is -1.03. The smallest absolute Gasteiger partial charge is 0.328 e. The highest BCUT2D eigenvalue weighted by molar-refractivity contribution is 6.32. The van der Waals surface area contributed by atoms with Crippen molar-refractivity contribution in [2.45, 2.75) is 6.42 Å². The van der Waals surface area contributed by atoms with Crippen LogP contribution in [0.3, 0.4) is 0 Å². The number of benzene rings is 1. The van der Waals surface area contributed by atoms with Gasteiger partial charge in [-0.3, -0.25) is 0 Å². The maximum atomic E-state index is 10.5. The van der Waals surface area contributed by atoms with E-state index in [1.807, 2.05) is 0 Å². The molecule has 0 saturated carbocycles. The van der Waals surface area contributed by atoms with Crippen LogP contribution in [0.15, 0.2) is 24.3 Å². The molecule has 0 unspecified atom stereocenters. The van der Waals surface area contributed by atoms with Crippen LogP contribution in [0.1, 0.15) is 12.0 Å². The lowest BCUT2D eigenvalue weighted by atomic mass is 10.2. The van der Waals surface area contributed by atoms with Crippen LogP contribution in [0.5, 0.6) is 5.75 Å². The van der Waals surface area contributed by atoms with Crippen LogP contribution >= 0.6 is 11.6 Å². The van der Waals surface area contributed by atoms with Gasteiger partial charge in [0.1, 0.15) is 5.75 Å². The third kappa shape index (κ3) is 4.77. The van der Waals surface area contributed by atoms with Gasteiger partial charge in [0.05, 0.1) is 11.6 Å². The van der Waals surface area contributed by atoms with Crippen molar-refractivity contribution >= 4 is 23.6 Å². The molecule has 0 bridgehead atoms. The topological polar surface area (TPSA) is 55.8 Å². The number of methoxy groups -OCH3 is 1. The van der Waals surface area contributed by atoms with Crippen molar-refractivity contribution in [2.75, 3.05) is 20.3 Å². The summed E-state index contributed by atoms with van der Waals surface area (Å²) in [5.41, 5.74) is 0.569. The number of hydrogen-bond donors (Lipinski definition) is 1. The molecule has 0 amide bonds. The summed E-state index contributed by atoms with van der Waals surface area (Å²) >= 11 is 6.00. The van der Waals surface area contributed by atoms with Crippen LogP contribution < -0.4 is 4.74 Å². The standard InChI is InChI=1S/C13H15ClO4/c1-17-8-3-9-18-12-5-2-4-11(14)10(12)6-7-13(15)16/h2,4-7H,3,8-9H2,1H3,(H,15,16)/b7-6+. The fourth-order valence-electron chi connectivity index (χ4n) is 1.34. The molecule has 1 rings (SSSR count). The molecule has 0 fully saturated rings. The fourth-order valence-corrected chi connectivity index (χ4v) is 1.57. The molecule has 1 aromatic carbocycles. The molecular weight excluding hydrogens is 256 g/mol. The summed E-state index contributed by atoms with van der Waals surface area (Å²) in [5, 5.41) is 9.07. The van der Waals surface area contributed by atoms with Crippen LogP contribution in [-0.2, 0) is 9.53 Å². The first-order chi connectivity index (χ1) is 8.65. The maximum absolute atomic E-state index is 10.5. The zero-order chi connectivity index (χ0) is 13.4. The largest absolute Gasteiger partial charge is 0.493 e. The number of carboxylic acids is 1. The molecule has 1 N–H and O–H groups in total. The van der Waals surface area contributed by atoms with Crippen LogP contribution in [0, 0.1) is 0 Å². The predicted octanol–water partition coefficient (Wildman–Crippen LogP) is 2.85. The summed E-state index contributed by atoms with van der Waals surface area (Å²) in [5.74, 6) is -0.462. The van der Waals surface area contributed by atoms with E-state index in [-0.39, 0.29) is 0 Å². The lowest BCUT2D eigenvalue weighted by Gasteiger charge is -2.10. The summed E-state index contributed by atoms with van der Waals surface area (Å²) in [4.78, 5) is 10.5. The summed E-state index contributed by atoms with van der Waals surface area (Å²) in [7, 11) is 1.63. The first-order valence-corrected chi connectivity index (χ1v) is 5.84. The van der Waals surface area contributed by atoms with Crippen molar-refractivity contribution in [3.63, 3.8) is 0 Å². The van der Waals surface area contributed by atoms with E-state index in [1.54, 1.807) is 25.3 Å². The highest BCUT2D eigenvalue weighted by Crippen LogP contribution is 2.27. The lowest BCUT2D eigenvalue weighted by Crippen LogP contribution is -2.02. The van der Waals surface area contributed by atoms with E-state index in [9.17, 15) is 4.79 Å². The van der Waals surface area contributed by atoms with E-state index >= 15 is 0 Å². The van der Waals surface area contributed by atoms with Crippen molar-refractivity contribution in [1.29, 1.82) is 0 Å². The number of carboxylic acid groups (broad SMARTS) is 1. The SMILES string of the molecule is COCCCOc1cccc(Cl)c1/C=C/C(=O)O. The van der Waals surface area contributed by atoms with Gasteiger partial charge in [0, 0.05) is 31.8 Å². The van der Waals surface area contributed by atoms with Gasteiger partial charge >= 0.3 is 5.97 Å². The van der Waals surface area contributed by atoms with Crippen molar-refractivity contribution < 1.29 is 19.4 Å². The number of halogens is 1. The molecule has 5 heteroatoms. The zero-order valence-electron chi connectivity index (χ0n) is 10.1. The fraction of sp³-hybridized carbons (Fsp3) is 0.308. The molecule has 0 aliphatic heterocycles. The molecule has 0 heterocycles. The van der Waals surface area contributed by atoms with Gasteiger partial charge < -0.3 is 14.6 Å². The molecule has 0 atom stereocenters. The summed E-state index contributed by atoms with van der Waals surface area (Å²) in [6, 6.07) is 5.19. The Morgan fingerprint density at radius 3 is 2.89 bits per heavy atom. The van der Waals surface area contributed by atoms with E-state index in [1.165, 1.54) is 6.08 Å². The molecule has 0 radical (unpaired) electrons. The van der Waals surface area contributed by atoms with Gasteiger partial charge in [0.15, 0.2) is 0 Å². The molecule has 0 aliphatic carbocycles. The number of hydrogen-bond acceptors (Lipinski definition) is 3. The molecule has 18 heavy (non-hydrogen) atoms. The van der Waals surface area contributed by atoms with Crippen LogP contribution in [0.25, 0.3) is 6.08 Å². The van der Waals surface area contributed by atoms with Crippen molar-refractivity contribution in [3.05, 3.63) is 34.9 Å². The average molecular weight is 271 g/mol. The Morgan fingerprint density at radius 2 is 2.22 bits per heavy atom. The molecule has 0 spiro atoms. The van der Waals surface area contributed by atoms with Gasteiger partial charge in [-0.15, -0.1) is 0 Å². The zero-order valence-corrected chi connectivity index (χ0v) is 10.8. The Morgan fingerprint density at radius 1 is 1.44 bits per heavy atom. The molecule has 1 aromatic rings. The van der Waals surface area contributed by atoms with E-state index < -0.39 is 5.97 Å². The second kappa shape index (κ2) is 7.74. The van der Waals surface area contributed by atoms with Gasteiger partial charge in [-0.2, -0.15) is 0 Å². The second-order valence-corrected chi connectivity index (χ2v) is 3.93. The number of carbonyl (C=O) groups is 1.